The van der Waals surface area contributed by atoms with Crippen molar-refractivity contribution >= 4 is 29.2 Å². The van der Waals surface area contributed by atoms with E-state index < -0.39 is 40.9 Å². The second-order valence-corrected chi connectivity index (χ2v) is 8.01. The number of allylic oxidation sites excluding steroid dienone is 2. The number of hydrogen-bond donors (Lipinski definition) is 1. The van der Waals surface area contributed by atoms with E-state index in [1.165, 1.54) is 22.8 Å². The molecule has 1 aliphatic carbocycles. The van der Waals surface area contributed by atoms with Crippen LogP contribution in [0.15, 0.2) is 36.2 Å². The van der Waals surface area contributed by atoms with Crippen molar-refractivity contribution in [1.82, 2.24) is 9.55 Å². The molecule has 4 rings (SSSR count). The number of carbonyl (C=O) groups excluding carboxylic acids is 2. The van der Waals surface area contributed by atoms with Crippen LogP contribution in [0.1, 0.15) is 46.0 Å². The van der Waals surface area contributed by atoms with Crippen LogP contribution in [0.25, 0.3) is 5.57 Å². The van der Waals surface area contributed by atoms with Gasteiger partial charge in [0.05, 0.1) is 27.8 Å². The molecule has 0 bridgehead atoms. The second kappa shape index (κ2) is 8.29. The number of ketones is 1. The zero-order valence-electron chi connectivity index (χ0n) is 16.5. The molecule has 0 saturated carbocycles. The Hall–Kier alpha value is -2.78. The Morgan fingerprint density at radius 1 is 1.28 bits per heavy atom. The van der Waals surface area contributed by atoms with Gasteiger partial charge in [-0.25, -0.2) is 9.37 Å². The fraction of sp³-hybridized carbons (Fsp3) is 0.318. The van der Waals surface area contributed by atoms with E-state index in [2.05, 4.69) is 4.98 Å². The van der Waals surface area contributed by atoms with Crippen molar-refractivity contribution in [2.45, 2.75) is 38.1 Å². The number of fused-ring (bicyclic) bond motifs is 1. The molecule has 2 aliphatic rings. The van der Waals surface area contributed by atoms with Crippen LogP contribution in [0.2, 0.25) is 5.02 Å². The summed E-state index contributed by atoms with van der Waals surface area (Å²) in [6.07, 6.45) is -1.70. The van der Waals surface area contributed by atoms with Crippen molar-refractivity contribution in [2.24, 2.45) is 5.92 Å². The zero-order valence-corrected chi connectivity index (χ0v) is 17.3. The summed E-state index contributed by atoms with van der Waals surface area (Å²) in [5, 5.41) is 9.70. The number of aliphatic hydroxyl groups is 1. The van der Waals surface area contributed by atoms with E-state index in [1.54, 1.807) is 0 Å². The number of aromatic nitrogens is 2. The molecule has 1 aromatic heterocycles. The Bertz CT molecular complexity index is 1170. The zero-order chi connectivity index (χ0) is 23.2. The normalized spacial score (nSPS) is 20.9. The molecule has 0 spiro atoms. The van der Waals surface area contributed by atoms with Crippen LogP contribution in [0.5, 0.6) is 0 Å². The number of alkyl halides is 3. The van der Waals surface area contributed by atoms with E-state index in [9.17, 15) is 32.3 Å². The highest BCUT2D eigenvalue weighted by molar-refractivity contribution is 6.35. The molecule has 2 heterocycles. The Morgan fingerprint density at radius 3 is 2.72 bits per heavy atom. The first-order valence-corrected chi connectivity index (χ1v) is 10.2. The quantitative estimate of drug-likeness (QED) is 0.406. The number of aldehydes is 1. The highest BCUT2D eigenvalue weighted by atomic mass is 35.5. The lowest BCUT2D eigenvalue weighted by atomic mass is 9.91. The highest BCUT2D eigenvalue weighted by Crippen LogP contribution is 2.38. The average molecular weight is 469 g/mol. The minimum atomic E-state index is -4.81. The van der Waals surface area contributed by atoms with E-state index in [1.807, 2.05) is 0 Å². The van der Waals surface area contributed by atoms with Crippen molar-refractivity contribution in [3.8, 4) is 0 Å². The lowest BCUT2D eigenvalue weighted by Crippen LogP contribution is -2.24. The van der Waals surface area contributed by atoms with Crippen LogP contribution in [-0.2, 0) is 23.9 Å². The fourth-order valence-corrected chi connectivity index (χ4v) is 4.33. The largest absolute Gasteiger partial charge is 0.417 e. The Kier molecular flexibility index (Phi) is 5.81. The number of aliphatic hydroxyl groups excluding tert-OH is 1. The van der Waals surface area contributed by atoms with E-state index in [-0.39, 0.29) is 22.1 Å². The first-order valence-electron chi connectivity index (χ1n) is 9.86. The maximum Gasteiger partial charge on any atom is 0.417 e. The molecular weight excluding hydrogens is 452 g/mol. The molecule has 32 heavy (non-hydrogen) atoms. The SMILES string of the molecule is O=CC1C=CC(c2nc(C(=O)c3c(Cl)cccc3C(F)(F)F)n3c2CCCC3)=C(F)C1O. The molecule has 0 saturated heterocycles. The maximum atomic E-state index is 14.9. The van der Waals surface area contributed by atoms with Gasteiger partial charge in [-0.2, -0.15) is 13.2 Å². The average Bonchev–Trinajstić information content (AvgIpc) is 3.14. The van der Waals surface area contributed by atoms with Crippen molar-refractivity contribution in [3.05, 3.63) is 69.5 Å². The maximum absolute atomic E-state index is 14.9. The number of benzene rings is 1. The fourth-order valence-electron chi connectivity index (χ4n) is 4.07. The van der Waals surface area contributed by atoms with Gasteiger partial charge in [-0.15, -0.1) is 0 Å². The topological polar surface area (TPSA) is 72.2 Å². The summed E-state index contributed by atoms with van der Waals surface area (Å²) in [5.74, 6) is -3.35. The Morgan fingerprint density at radius 2 is 2.03 bits per heavy atom. The van der Waals surface area contributed by atoms with E-state index in [0.29, 0.717) is 37.8 Å². The standard InChI is InChI=1S/C22H17ClF4N2O3/c23-14-5-3-4-13(22(25,26)27)16(14)20(32)21-28-18(15-6-1-2-9-29(15)21)12-8-7-11(10-30)19(31)17(12)24/h3-5,7-8,10-11,19,31H,1-2,6,9H2. The molecule has 1 aliphatic heterocycles. The van der Waals surface area contributed by atoms with Crippen molar-refractivity contribution in [2.75, 3.05) is 0 Å². The van der Waals surface area contributed by atoms with Gasteiger partial charge in [0.1, 0.15) is 18.2 Å². The molecule has 10 heteroatoms. The van der Waals surface area contributed by atoms with Gasteiger partial charge in [-0.1, -0.05) is 29.8 Å². The lowest BCUT2D eigenvalue weighted by Gasteiger charge is -2.21. The lowest BCUT2D eigenvalue weighted by molar-refractivity contribution is -0.137. The first-order chi connectivity index (χ1) is 15.1. The van der Waals surface area contributed by atoms with Crippen LogP contribution in [-0.4, -0.2) is 32.8 Å². The van der Waals surface area contributed by atoms with E-state index >= 15 is 0 Å². The molecule has 2 unspecified atom stereocenters. The van der Waals surface area contributed by atoms with Crippen LogP contribution >= 0.6 is 11.6 Å². The summed E-state index contributed by atoms with van der Waals surface area (Å²) in [6, 6.07) is 3.06. The summed E-state index contributed by atoms with van der Waals surface area (Å²) in [7, 11) is 0. The molecule has 0 fully saturated rings. The predicted octanol–water partition coefficient (Wildman–Crippen LogP) is 4.55. The van der Waals surface area contributed by atoms with Crippen LogP contribution in [0.3, 0.4) is 0 Å². The predicted molar refractivity (Wildman–Crippen MR) is 108 cm³/mol. The van der Waals surface area contributed by atoms with Crippen LogP contribution in [0, 0.1) is 5.92 Å². The molecule has 5 nitrogen and oxygen atoms in total. The molecule has 0 amide bonds. The summed E-state index contributed by atoms with van der Waals surface area (Å²) >= 11 is 5.99. The molecule has 0 radical (unpaired) electrons. The molecular formula is C22H17ClF4N2O3. The van der Waals surface area contributed by atoms with Gasteiger partial charge >= 0.3 is 6.18 Å². The molecule has 168 valence electrons. The van der Waals surface area contributed by atoms with E-state index in [0.717, 1.165) is 12.1 Å². The number of carbonyl (C=O) groups is 2. The van der Waals surface area contributed by atoms with Gasteiger partial charge in [-0.05, 0) is 31.4 Å². The van der Waals surface area contributed by atoms with Gasteiger partial charge < -0.3 is 14.5 Å². The third-order valence-corrected chi connectivity index (χ3v) is 5.96. The molecule has 1 aromatic carbocycles. The first kappa shape index (κ1) is 22.4. The third-order valence-electron chi connectivity index (χ3n) is 5.65. The number of imidazole rings is 1. The smallest absolute Gasteiger partial charge is 0.385 e. The summed E-state index contributed by atoms with van der Waals surface area (Å²) < 4.78 is 57.0. The summed E-state index contributed by atoms with van der Waals surface area (Å²) in [6.45, 7) is 0.313. The van der Waals surface area contributed by atoms with E-state index in [4.69, 9.17) is 11.6 Å². The number of halogens is 5. The summed E-state index contributed by atoms with van der Waals surface area (Å²) in [4.78, 5) is 28.5. The molecule has 1 N–H and O–H groups in total. The van der Waals surface area contributed by atoms with Crippen LogP contribution in [0.4, 0.5) is 17.6 Å². The highest BCUT2D eigenvalue weighted by Gasteiger charge is 2.39. The Labute approximate surface area is 185 Å². The third kappa shape index (κ3) is 3.69. The number of nitrogens with zero attached hydrogens (tertiary/aromatic N) is 2. The number of rotatable bonds is 4. The van der Waals surface area contributed by atoms with Crippen LogP contribution < -0.4 is 0 Å². The van der Waals surface area contributed by atoms with Crippen molar-refractivity contribution in [1.29, 1.82) is 0 Å². The molecule has 2 aromatic rings. The minimum absolute atomic E-state index is 0.0609. The van der Waals surface area contributed by atoms with Gasteiger partial charge in [-0.3, -0.25) is 4.79 Å². The minimum Gasteiger partial charge on any atom is -0.385 e. The number of hydrogen-bond acceptors (Lipinski definition) is 4. The second-order valence-electron chi connectivity index (χ2n) is 7.61. The van der Waals surface area contributed by atoms with Crippen molar-refractivity contribution < 1.29 is 32.3 Å². The summed E-state index contributed by atoms with van der Waals surface area (Å²) in [5.41, 5.74) is -1.47. The van der Waals surface area contributed by atoms with Crippen molar-refractivity contribution in [3.63, 3.8) is 0 Å². The Balaban J connectivity index is 1.88. The molecule has 2 atom stereocenters. The van der Waals surface area contributed by atoms with Gasteiger partial charge in [0, 0.05) is 17.8 Å². The monoisotopic (exact) mass is 468 g/mol. The van der Waals surface area contributed by atoms with Gasteiger partial charge in [0.25, 0.3) is 0 Å². The van der Waals surface area contributed by atoms with Gasteiger partial charge in [0.15, 0.2) is 5.82 Å². The van der Waals surface area contributed by atoms with Gasteiger partial charge in [0.2, 0.25) is 5.78 Å².